The fourth-order valence-corrected chi connectivity index (χ4v) is 1.73. The van der Waals surface area contributed by atoms with E-state index in [-0.39, 0.29) is 42.6 Å². The monoisotopic (exact) mass is 281 g/mol. The first-order valence-corrected chi connectivity index (χ1v) is 7.25. The van der Waals surface area contributed by atoms with Gasteiger partial charge in [0, 0.05) is 18.9 Å². The van der Waals surface area contributed by atoms with Crippen LogP contribution in [0.2, 0.25) is 0 Å². The van der Waals surface area contributed by atoms with Crippen molar-refractivity contribution in [2.75, 3.05) is 26.3 Å². The van der Waals surface area contributed by atoms with Crippen LogP contribution in [0.15, 0.2) is 0 Å². The number of carbonyl (C=O) groups excluding carboxylic acids is 1. The van der Waals surface area contributed by atoms with Crippen LogP contribution in [-0.4, -0.2) is 32.3 Å². The predicted octanol–water partition coefficient (Wildman–Crippen LogP) is -1.51. The number of ether oxygens (including phenoxy) is 1. The van der Waals surface area contributed by atoms with Gasteiger partial charge in [0.05, 0.1) is 13.2 Å². The molecule has 0 aromatic rings. The van der Waals surface area contributed by atoms with E-state index < -0.39 is 5.97 Å². The molecular formula is C14H28NNaO3. The van der Waals surface area contributed by atoms with E-state index in [9.17, 15) is 9.90 Å². The molecule has 0 aliphatic carbocycles. The molecule has 108 valence electrons. The van der Waals surface area contributed by atoms with Gasteiger partial charge in [-0.25, -0.2) is 0 Å². The van der Waals surface area contributed by atoms with E-state index in [1.807, 2.05) is 0 Å². The largest absolute Gasteiger partial charge is 1.00 e. The van der Waals surface area contributed by atoms with Crippen molar-refractivity contribution in [2.24, 2.45) is 0 Å². The number of nitrogens with one attached hydrogen (secondary N) is 1. The van der Waals surface area contributed by atoms with Crippen LogP contribution in [0.3, 0.4) is 0 Å². The van der Waals surface area contributed by atoms with Gasteiger partial charge in [-0.1, -0.05) is 45.4 Å². The number of hydrogen-bond donors (Lipinski definition) is 1. The molecule has 0 radical (unpaired) electrons. The molecule has 4 nitrogen and oxygen atoms in total. The molecule has 0 aliphatic rings. The summed E-state index contributed by atoms with van der Waals surface area (Å²) < 4.78 is 5.13. The van der Waals surface area contributed by atoms with E-state index in [1.54, 1.807) is 0 Å². The molecule has 0 bridgehead atoms. The van der Waals surface area contributed by atoms with Crippen molar-refractivity contribution in [1.29, 1.82) is 0 Å². The van der Waals surface area contributed by atoms with Crippen molar-refractivity contribution < 1.29 is 44.2 Å². The van der Waals surface area contributed by atoms with Gasteiger partial charge in [-0.05, 0) is 13.0 Å². The average Bonchev–Trinajstić information content (AvgIpc) is 2.34. The summed E-state index contributed by atoms with van der Waals surface area (Å²) in [7, 11) is 0. The van der Waals surface area contributed by atoms with Crippen LogP contribution < -0.4 is 40.0 Å². The molecule has 0 unspecified atom stereocenters. The number of rotatable bonds is 14. The van der Waals surface area contributed by atoms with Crippen LogP contribution in [0, 0.1) is 0 Å². The van der Waals surface area contributed by atoms with Crippen molar-refractivity contribution >= 4 is 5.97 Å². The smallest absolute Gasteiger partial charge is 0.550 e. The molecule has 0 aromatic carbocycles. The maximum atomic E-state index is 10.1. The Hall–Kier alpha value is 0.390. The minimum Gasteiger partial charge on any atom is -0.550 e. The third-order valence-corrected chi connectivity index (χ3v) is 2.83. The van der Waals surface area contributed by atoms with Gasteiger partial charge in [-0.3, -0.25) is 0 Å². The molecular weight excluding hydrogens is 253 g/mol. The van der Waals surface area contributed by atoms with Crippen LogP contribution >= 0.6 is 0 Å². The van der Waals surface area contributed by atoms with Gasteiger partial charge >= 0.3 is 29.6 Å². The van der Waals surface area contributed by atoms with Gasteiger partial charge in [0.15, 0.2) is 0 Å². The van der Waals surface area contributed by atoms with Crippen LogP contribution in [-0.2, 0) is 9.53 Å². The Balaban J connectivity index is 0. The number of carboxylic acid groups (broad SMARTS) is 1. The molecule has 1 N–H and O–H groups in total. The fraction of sp³-hybridized carbons (Fsp3) is 0.929. The first-order chi connectivity index (χ1) is 8.77. The molecule has 0 rings (SSSR count). The summed E-state index contributed by atoms with van der Waals surface area (Å²) in [6.07, 6.45) is 9.23. The number of unbranched alkanes of at least 4 members (excludes halogenated alkanes) is 6. The number of aliphatic carboxylic acids is 1. The van der Waals surface area contributed by atoms with Gasteiger partial charge in [0.25, 0.3) is 0 Å². The zero-order chi connectivity index (χ0) is 13.5. The quantitative estimate of drug-likeness (QED) is 0.310. The third kappa shape index (κ3) is 20.9. The van der Waals surface area contributed by atoms with E-state index in [0.717, 1.165) is 13.1 Å². The SMILES string of the molecule is CCCCCCCCCNCCOCCC(=O)[O-].[Na+]. The first-order valence-electron chi connectivity index (χ1n) is 7.25. The molecule has 0 aromatic heterocycles. The van der Waals surface area contributed by atoms with E-state index >= 15 is 0 Å². The molecule has 0 saturated heterocycles. The maximum absolute atomic E-state index is 10.1. The van der Waals surface area contributed by atoms with E-state index in [0.29, 0.717) is 6.61 Å². The standard InChI is InChI=1S/C14H29NO3.Na/c1-2-3-4-5-6-7-8-10-15-11-13-18-12-9-14(16)17;/h15H,2-13H2,1H3,(H,16,17);/q;+1/p-1. The number of carboxylic acids is 1. The Morgan fingerprint density at radius 1 is 1.00 bits per heavy atom. The molecule has 0 fully saturated rings. The van der Waals surface area contributed by atoms with Crippen molar-refractivity contribution in [2.45, 2.75) is 58.3 Å². The second kappa shape index (κ2) is 18.4. The summed E-state index contributed by atoms with van der Waals surface area (Å²) in [5.74, 6) is -1.05. The minimum absolute atomic E-state index is 0. The zero-order valence-electron chi connectivity index (χ0n) is 12.7. The normalized spacial score (nSPS) is 10.2. The summed E-state index contributed by atoms with van der Waals surface area (Å²) >= 11 is 0. The van der Waals surface area contributed by atoms with E-state index in [4.69, 9.17) is 4.74 Å². The van der Waals surface area contributed by atoms with Gasteiger partial charge < -0.3 is 20.0 Å². The molecule has 0 heterocycles. The van der Waals surface area contributed by atoms with Crippen LogP contribution in [0.25, 0.3) is 0 Å². The van der Waals surface area contributed by atoms with Gasteiger partial charge in [-0.2, -0.15) is 0 Å². The topological polar surface area (TPSA) is 61.4 Å². The summed E-state index contributed by atoms with van der Waals surface area (Å²) in [5.41, 5.74) is 0. The van der Waals surface area contributed by atoms with Crippen molar-refractivity contribution in [3.8, 4) is 0 Å². The molecule has 0 amide bonds. The Kier molecular flexibility index (Phi) is 21.0. The van der Waals surface area contributed by atoms with E-state index in [2.05, 4.69) is 12.2 Å². The molecule has 0 saturated carbocycles. The molecule has 19 heavy (non-hydrogen) atoms. The number of carbonyl (C=O) groups is 1. The Morgan fingerprint density at radius 3 is 2.26 bits per heavy atom. The molecule has 0 atom stereocenters. The van der Waals surface area contributed by atoms with Crippen LogP contribution in [0.4, 0.5) is 0 Å². The van der Waals surface area contributed by atoms with Gasteiger partial charge in [0.2, 0.25) is 0 Å². The molecule has 0 spiro atoms. The summed E-state index contributed by atoms with van der Waals surface area (Å²) in [6, 6.07) is 0. The molecule has 5 heteroatoms. The summed E-state index contributed by atoms with van der Waals surface area (Å²) in [4.78, 5) is 10.1. The second-order valence-electron chi connectivity index (χ2n) is 4.61. The van der Waals surface area contributed by atoms with Gasteiger partial charge in [0.1, 0.15) is 0 Å². The Morgan fingerprint density at radius 2 is 1.63 bits per heavy atom. The molecule has 0 aliphatic heterocycles. The average molecular weight is 281 g/mol. The second-order valence-corrected chi connectivity index (χ2v) is 4.61. The van der Waals surface area contributed by atoms with Crippen LogP contribution in [0.1, 0.15) is 58.3 Å². The fourth-order valence-electron chi connectivity index (χ4n) is 1.73. The predicted molar refractivity (Wildman–Crippen MR) is 71.3 cm³/mol. The van der Waals surface area contributed by atoms with Crippen molar-refractivity contribution in [3.63, 3.8) is 0 Å². The zero-order valence-corrected chi connectivity index (χ0v) is 14.7. The van der Waals surface area contributed by atoms with Crippen molar-refractivity contribution in [3.05, 3.63) is 0 Å². The minimum atomic E-state index is -1.05. The first kappa shape index (κ1) is 21.7. The Labute approximate surface area is 140 Å². The van der Waals surface area contributed by atoms with Gasteiger partial charge in [-0.15, -0.1) is 0 Å². The maximum Gasteiger partial charge on any atom is 1.00 e. The van der Waals surface area contributed by atoms with Crippen LogP contribution in [0.5, 0.6) is 0 Å². The number of hydrogen-bond acceptors (Lipinski definition) is 4. The third-order valence-electron chi connectivity index (χ3n) is 2.83. The Bertz CT molecular complexity index is 192. The summed E-state index contributed by atoms with van der Waals surface area (Å²) in [5, 5.41) is 13.4. The van der Waals surface area contributed by atoms with Crippen molar-refractivity contribution in [1.82, 2.24) is 5.32 Å². The summed E-state index contributed by atoms with van der Waals surface area (Å²) in [6.45, 7) is 4.88. The van der Waals surface area contributed by atoms with E-state index in [1.165, 1.54) is 44.9 Å².